The Bertz CT molecular complexity index is 136. The molecular formula is C6H11NPb. The van der Waals surface area contributed by atoms with Crippen LogP contribution in [-0.2, 0) is 0 Å². The van der Waals surface area contributed by atoms with Crippen molar-refractivity contribution >= 4 is 21.2 Å². The fourth-order valence-corrected chi connectivity index (χ4v) is 1.47. The van der Waals surface area contributed by atoms with Gasteiger partial charge in [-0.25, -0.2) is 0 Å². The van der Waals surface area contributed by atoms with Gasteiger partial charge in [-0.05, 0) is 0 Å². The van der Waals surface area contributed by atoms with Crippen molar-refractivity contribution in [2.45, 2.75) is 13.4 Å². The zero-order valence-electron chi connectivity index (χ0n) is 5.65. The normalized spacial score (nSPS) is 10.2. The van der Waals surface area contributed by atoms with E-state index in [9.17, 15) is 0 Å². The molecule has 0 saturated heterocycles. The van der Waals surface area contributed by atoms with Gasteiger partial charge in [0.15, 0.2) is 0 Å². The van der Waals surface area contributed by atoms with Gasteiger partial charge in [-0.2, -0.15) is 0 Å². The predicted molar refractivity (Wildman–Crippen MR) is 38.1 cm³/mol. The van der Waals surface area contributed by atoms with E-state index in [0.29, 0.717) is 0 Å². The molecule has 0 spiro atoms. The third kappa shape index (κ3) is 2.46. The second kappa shape index (κ2) is 2.63. The van der Waals surface area contributed by atoms with Crippen molar-refractivity contribution in [1.29, 1.82) is 5.26 Å². The summed E-state index contributed by atoms with van der Waals surface area (Å²) in [7, 11) is 0. The van der Waals surface area contributed by atoms with Gasteiger partial charge in [-0.15, -0.1) is 0 Å². The number of rotatable bonds is 1. The molecule has 0 bridgehead atoms. The molecule has 44 valence electrons. The van der Waals surface area contributed by atoms with Gasteiger partial charge in [0.2, 0.25) is 0 Å². The van der Waals surface area contributed by atoms with E-state index in [-0.39, 0.29) is 0 Å². The molecule has 0 unspecified atom stereocenters. The third-order valence-corrected chi connectivity index (χ3v) is 8.51. The molecule has 0 amide bonds. The summed E-state index contributed by atoms with van der Waals surface area (Å²) in [6, 6.07) is 2.11. The molecule has 0 aromatic rings. The average Bonchev–Trinajstić information content (AvgIpc) is 1.62. The molecule has 0 rings (SSSR count). The summed E-state index contributed by atoms with van der Waals surface area (Å²) >= 11 is -2.08. The Balaban J connectivity index is 4.09. The van der Waals surface area contributed by atoms with Gasteiger partial charge >= 0.3 is 55.7 Å². The zero-order valence-corrected chi connectivity index (χ0v) is 9.54. The van der Waals surface area contributed by atoms with E-state index in [1.807, 2.05) is 0 Å². The van der Waals surface area contributed by atoms with Crippen molar-refractivity contribution in [1.82, 2.24) is 0 Å². The van der Waals surface area contributed by atoms with Gasteiger partial charge < -0.3 is 0 Å². The molecule has 1 nitrogen and oxygen atoms in total. The Morgan fingerprint density at radius 3 is 1.88 bits per heavy atom. The molecule has 0 atom stereocenters. The quantitative estimate of drug-likeness (QED) is 0.536. The van der Waals surface area contributed by atoms with Crippen LogP contribution in [-0.4, -0.2) is 21.2 Å². The summed E-state index contributed by atoms with van der Waals surface area (Å²) in [5, 5.41) is 8.38. The summed E-state index contributed by atoms with van der Waals surface area (Å²) in [6.07, 6.45) is 0. The van der Waals surface area contributed by atoms with Crippen LogP contribution in [0.15, 0.2) is 9.71 Å². The van der Waals surface area contributed by atoms with E-state index in [2.05, 4.69) is 26.1 Å². The first-order valence-electron chi connectivity index (χ1n) is 2.58. The molecule has 8 heavy (non-hydrogen) atoms. The fourth-order valence-electron chi connectivity index (χ4n) is 0.168. The molecule has 0 aliphatic heterocycles. The predicted octanol–water partition coefficient (Wildman–Crippen LogP) is 1.94. The van der Waals surface area contributed by atoms with Crippen LogP contribution in [0.4, 0.5) is 0 Å². The molecule has 0 aromatic heterocycles. The summed E-state index contributed by atoms with van der Waals surface area (Å²) in [4.78, 5) is 0. The Morgan fingerprint density at radius 1 is 1.50 bits per heavy atom. The third-order valence-electron chi connectivity index (χ3n) is 1.04. The monoisotopic (exact) mass is 305 g/mol. The van der Waals surface area contributed by atoms with Crippen LogP contribution in [0.5, 0.6) is 0 Å². The number of hydrogen-bond donors (Lipinski definition) is 0. The molecule has 2 heteroatoms. The van der Waals surface area contributed by atoms with Crippen LogP contribution in [0.25, 0.3) is 0 Å². The first-order chi connectivity index (χ1) is 3.48. The maximum atomic E-state index is 8.38. The molecule has 0 aliphatic carbocycles. The first kappa shape index (κ1) is 8.15. The van der Waals surface area contributed by atoms with Crippen molar-refractivity contribution < 1.29 is 0 Å². The van der Waals surface area contributed by atoms with Gasteiger partial charge in [0, 0.05) is 0 Å². The van der Waals surface area contributed by atoms with Crippen LogP contribution in [0.3, 0.4) is 0 Å². The molecule has 0 heterocycles. The average molecular weight is 304 g/mol. The topological polar surface area (TPSA) is 23.8 Å². The number of hydrogen-bond acceptors (Lipinski definition) is 1. The van der Waals surface area contributed by atoms with Crippen molar-refractivity contribution in [3.63, 3.8) is 0 Å². The summed E-state index contributed by atoms with van der Waals surface area (Å²) < 4.78 is 7.44. The van der Waals surface area contributed by atoms with E-state index in [4.69, 9.17) is 5.26 Å². The van der Waals surface area contributed by atoms with Crippen LogP contribution in [0.2, 0.25) is 13.4 Å². The number of nitrogens with zero attached hydrogens (tertiary/aromatic N) is 1. The second-order valence-electron chi connectivity index (χ2n) is 2.84. The molecule has 0 aromatic carbocycles. The van der Waals surface area contributed by atoms with Crippen molar-refractivity contribution in [3.05, 3.63) is 9.71 Å². The molecule has 0 fully saturated rings. The van der Waals surface area contributed by atoms with E-state index in [1.54, 1.807) is 0 Å². The Labute approximate surface area is 55.7 Å². The van der Waals surface area contributed by atoms with E-state index >= 15 is 0 Å². The van der Waals surface area contributed by atoms with Crippen molar-refractivity contribution in [2.75, 3.05) is 0 Å². The second-order valence-corrected chi connectivity index (χ2v) is 22.7. The minimum atomic E-state index is -2.08. The Morgan fingerprint density at radius 2 is 1.88 bits per heavy atom. The van der Waals surface area contributed by atoms with Gasteiger partial charge in [-0.1, -0.05) is 0 Å². The summed E-state index contributed by atoms with van der Waals surface area (Å²) in [6.45, 7) is 3.68. The van der Waals surface area contributed by atoms with Gasteiger partial charge in [-0.3, -0.25) is 0 Å². The van der Waals surface area contributed by atoms with Gasteiger partial charge in [0.05, 0.1) is 0 Å². The fraction of sp³-hybridized carbons (Fsp3) is 0.500. The van der Waals surface area contributed by atoms with E-state index in [1.165, 1.54) is 0 Å². The van der Waals surface area contributed by atoms with Crippen LogP contribution >= 0.6 is 0 Å². The van der Waals surface area contributed by atoms with Crippen molar-refractivity contribution in [3.8, 4) is 6.07 Å². The molecule has 0 N–H and O–H groups in total. The van der Waals surface area contributed by atoms with E-state index < -0.39 is 21.2 Å². The molecule has 0 saturated carbocycles. The summed E-state index contributed by atoms with van der Waals surface area (Å²) in [5.74, 6) is 0. The van der Waals surface area contributed by atoms with Gasteiger partial charge in [0.1, 0.15) is 0 Å². The van der Waals surface area contributed by atoms with Crippen LogP contribution in [0, 0.1) is 11.3 Å². The van der Waals surface area contributed by atoms with Crippen molar-refractivity contribution in [2.24, 2.45) is 0 Å². The van der Waals surface area contributed by atoms with Crippen LogP contribution < -0.4 is 0 Å². The van der Waals surface area contributed by atoms with Crippen LogP contribution in [0.1, 0.15) is 0 Å². The van der Waals surface area contributed by atoms with Gasteiger partial charge in [0.25, 0.3) is 0 Å². The SMILES string of the molecule is C=[C](C#N)[Pb]([CH3])([CH3])[CH3]. The molecule has 0 radical (unpaired) electrons. The van der Waals surface area contributed by atoms with E-state index in [0.717, 1.165) is 3.13 Å². The molecular weight excluding hydrogens is 293 g/mol. The Hall–Kier alpha value is 0.152. The maximum absolute atomic E-state index is 8.38. The number of nitriles is 1. The Kier molecular flexibility index (Phi) is 2.68. The number of allylic oxidation sites excluding steroid dienone is 1. The zero-order chi connectivity index (χ0) is 6.78. The molecule has 0 aliphatic rings. The minimum absolute atomic E-state index is 0.859. The first-order valence-corrected chi connectivity index (χ1v) is 16.2. The summed E-state index contributed by atoms with van der Waals surface area (Å²) in [5.41, 5.74) is 0. The standard InChI is InChI=1S/C3H2N.3CH3.Pb/c1-2-3-4;;;;/h1H2;3*1H3;.